The smallest absolute Gasteiger partial charge is 0.341 e. The van der Waals surface area contributed by atoms with Crippen LogP contribution in [0.1, 0.15) is 13.3 Å². The maximum absolute atomic E-state index is 2.37. The van der Waals surface area contributed by atoms with Crippen LogP contribution in [0.4, 0.5) is 0 Å². The molecule has 0 N–H and O–H groups in total. The zero-order valence-corrected chi connectivity index (χ0v) is 16.1. The van der Waals surface area contributed by atoms with Crippen LogP contribution in [0.2, 0.25) is 0 Å². The van der Waals surface area contributed by atoms with E-state index in [1.54, 1.807) is 0 Å². The summed E-state index contributed by atoms with van der Waals surface area (Å²) in [5, 5.41) is 2.71. The van der Waals surface area contributed by atoms with Crippen molar-refractivity contribution in [3.05, 3.63) is 103 Å². The van der Waals surface area contributed by atoms with Crippen molar-refractivity contribution in [1.82, 2.24) is 4.57 Å². The van der Waals surface area contributed by atoms with Gasteiger partial charge in [0.25, 0.3) is 0 Å². The summed E-state index contributed by atoms with van der Waals surface area (Å²) in [4.78, 5) is 0. The summed E-state index contributed by atoms with van der Waals surface area (Å²) in [6, 6.07) is 27.2. The molecule has 0 saturated heterocycles. The topological polar surface area (TPSA) is 4.93 Å². The molecule has 2 heteroatoms. The maximum Gasteiger partial charge on any atom is 2.00 e. The number of aryl methyl sites for hydroxylation is 1. The fraction of sp³-hybridized carbons (Fsp3) is 0.125. The Labute approximate surface area is 166 Å². The molecule has 3 aromatic carbocycles. The number of rotatable bonds is 1. The third-order valence-electron chi connectivity index (χ3n) is 4.21. The summed E-state index contributed by atoms with van der Waals surface area (Å²) < 4.78 is 2.37. The Morgan fingerprint density at radius 1 is 0.769 bits per heavy atom. The summed E-state index contributed by atoms with van der Waals surface area (Å²) in [5.41, 5.74) is 2.67. The Kier molecular flexibility index (Phi) is 8.08. The first-order chi connectivity index (χ1) is 12.4. The van der Waals surface area contributed by atoms with Gasteiger partial charge < -0.3 is 4.57 Å². The number of hydrogen-bond donors (Lipinski definition) is 0. The van der Waals surface area contributed by atoms with Crippen LogP contribution < -0.4 is 0 Å². The molecule has 1 aliphatic rings. The first-order valence-corrected chi connectivity index (χ1v) is 8.86. The molecule has 26 heavy (non-hydrogen) atoms. The average molecular weight is 382 g/mol. The summed E-state index contributed by atoms with van der Waals surface area (Å²) >= 11 is 0. The molecule has 0 aliphatic heterocycles. The van der Waals surface area contributed by atoms with Crippen LogP contribution in [0.5, 0.6) is 0 Å². The van der Waals surface area contributed by atoms with Crippen molar-refractivity contribution in [3.63, 3.8) is 0 Å². The molecule has 1 nitrogen and oxygen atoms in total. The van der Waals surface area contributed by atoms with Gasteiger partial charge in [-0.2, -0.15) is 18.2 Å². The van der Waals surface area contributed by atoms with Gasteiger partial charge in [-0.15, -0.1) is 0 Å². The molecule has 0 fully saturated rings. The largest absolute Gasteiger partial charge is 2.00 e. The molecule has 1 aromatic heterocycles. The van der Waals surface area contributed by atoms with Crippen LogP contribution in [0.15, 0.2) is 103 Å². The van der Waals surface area contributed by atoms with Crippen molar-refractivity contribution < 1.29 is 17.1 Å². The van der Waals surface area contributed by atoms with Crippen LogP contribution in [-0.4, -0.2) is 4.57 Å². The van der Waals surface area contributed by atoms with Gasteiger partial charge in [-0.3, -0.25) is 0 Å². The summed E-state index contributed by atoms with van der Waals surface area (Å²) in [6.45, 7) is 3.22. The second kappa shape index (κ2) is 10.6. The number of para-hydroxylation sites is 2. The fourth-order valence-corrected chi connectivity index (χ4v) is 3.06. The van der Waals surface area contributed by atoms with Crippen molar-refractivity contribution in [2.75, 3.05) is 0 Å². The third-order valence-corrected chi connectivity index (χ3v) is 4.21. The Hall–Kier alpha value is -2.41. The van der Waals surface area contributed by atoms with Gasteiger partial charge in [0.15, 0.2) is 0 Å². The number of allylic oxidation sites excluding steroid dienone is 4. The minimum atomic E-state index is 0. The van der Waals surface area contributed by atoms with E-state index in [2.05, 4.69) is 84.3 Å². The predicted octanol–water partition coefficient (Wildman–Crippen LogP) is 6.72. The fourth-order valence-electron chi connectivity index (χ4n) is 3.06. The van der Waals surface area contributed by atoms with E-state index in [1.807, 2.05) is 30.3 Å². The van der Waals surface area contributed by atoms with Gasteiger partial charge in [-0.25, -0.2) is 12.1 Å². The van der Waals surface area contributed by atoms with Gasteiger partial charge in [-0.1, -0.05) is 60.7 Å². The SMILES string of the molecule is C1=CCC=C1.CCn1c2ccccc2c2ccccc21.[Fe+2].c1cc[cH-]c1. The molecule has 4 aromatic rings. The molecule has 5 rings (SSSR count). The minimum absolute atomic E-state index is 0. The van der Waals surface area contributed by atoms with E-state index in [-0.39, 0.29) is 17.1 Å². The van der Waals surface area contributed by atoms with Gasteiger partial charge in [0, 0.05) is 28.4 Å². The second-order valence-electron chi connectivity index (χ2n) is 5.83. The first-order valence-electron chi connectivity index (χ1n) is 8.86. The monoisotopic (exact) mass is 382 g/mol. The van der Waals surface area contributed by atoms with Gasteiger partial charge in [-0.05, 0) is 25.5 Å². The van der Waals surface area contributed by atoms with E-state index in [0.29, 0.717) is 0 Å². The van der Waals surface area contributed by atoms with Crippen molar-refractivity contribution in [2.24, 2.45) is 0 Å². The molecular formula is C24H24FeN+. The molecule has 1 aliphatic carbocycles. The number of hydrogen-bond acceptors (Lipinski definition) is 0. The van der Waals surface area contributed by atoms with Gasteiger partial charge in [0.1, 0.15) is 0 Å². The molecule has 0 radical (unpaired) electrons. The number of nitrogens with zero attached hydrogens (tertiary/aromatic N) is 1. The first kappa shape index (κ1) is 19.9. The third kappa shape index (κ3) is 4.82. The van der Waals surface area contributed by atoms with Crippen molar-refractivity contribution in [3.8, 4) is 0 Å². The molecular weight excluding hydrogens is 358 g/mol. The summed E-state index contributed by atoms with van der Waals surface area (Å²) in [7, 11) is 0. The molecule has 0 amide bonds. The van der Waals surface area contributed by atoms with Crippen molar-refractivity contribution in [1.29, 1.82) is 0 Å². The molecule has 0 saturated carbocycles. The number of aromatic nitrogens is 1. The van der Waals surface area contributed by atoms with Crippen molar-refractivity contribution in [2.45, 2.75) is 19.9 Å². The summed E-state index contributed by atoms with van der Waals surface area (Å²) in [6.07, 6.45) is 9.50. The van der Waals surface area contributed by atoms with E-state index in [1.165, 1.54) is 21.8 Å². The molecule has 132 valence electrons. The molecule has 0 spiro atoms. The molecule has 1 heterocycles. The van der Waals surface area contributed by atoms with Gasteiger partial charge in [0.2, 0.25) is 0 Å². The Bertz CT molecular complexity index is 878. The average Bonchev–Trinajstić information content (AvgIpc) is 3.45. The maximum atomic E-state index is 2.37. The second-order valence-corrected chi connectivity index (χ2v) is 5.83. The summed E-state index contributed by atoms with van der Waals surface area (Å²) in [5.74, 6) is 0. The van der Waals surface area contributed by atoms with Crippen LogP contribution in [0.25, 0.3) is 21.8 Å². The number of benzene rings is 2. The Morgan fingerprint density at radius 2 is 1.27 bits per heavy atom. The Morgan fingerprint density at radius 3 is 1.62 bits per heavy atom. The van der Waals surface area contributed by atoms with Crippen molar-refractivity contribution >= 4 is 21.8 Å². The van der Waals surface area contributed by atoms with Crippen LogP contribution >= 0.6 is 0 Å². The van der Waals surface area contributed by atoms with Gasteiger partial charge in [0.05, 0.1) is 0 Å². The molecule has 0 bridgehead atoms. The van der Waals surface area contributed by atoms with E-state index >= 15 is 0 Å². The van der Waals surface area contributed by atoms with E-state index in [4.69, 9.17) is 0 Å². The normalized spacial score (nSPS) is 11.4. The van der Waals surface area contributed by atoms with Crippen LogP contribution in [-0.2, 0) is 23.6 Å². The van der Waals surface area contributed by atoms with E-state index < -0.39 is 0 Å². The number of fused-ring (bicyclic) bond motifs is 3. The molecule has 0 atom stereocenters. The minimum Gasteiger partial charge on any atom is -0.341 e. The van der Waals surface area contributed by atoms with E-state index in [9.17, 15) is 0 Å². The quantitative estimate of drug-likeness (QED) is 0.254. The van der Waals surface area contributed by atoms with E-state index in [0.717, 1.165) is 13.0 Å². The predicted molar refractivity (Wildman–Crippen MR) is 110 cm³/mol. The van der Waals surface area contributed by atoms with Crippen LogP contribution in [0, 0.1) is 0 Å². The van der Waals surface area contributed by atoms with Gasteiger partial charge >= 0.3 is 17.1 Å². The Balaban J connectivity index is 0.000000182. The van der Waals surface area contributed by atoms with Crippen LogP contribution in [0.3, 0.4) is 0 Å². The molecule has 0 unspecified atom stereocenters. The standard InChI is InChI=1S/C14H13N.C5H6.C5H5.Fe/c1-2-15-13-9-5-3-7-11(13)12-8-4-6-10-14(12)15;2*1-2-4-5-3-1;/h3-10H,2H2,1H3;1-4H,5H2;1-5H;/q;;-1;+2. The zero-order valence-electron chi connectivity index (χ0n) is 15.0. The zero-order chi connectivity index (χ0) is 17.3.